The maximum absolute atomic E-state index is 12.9. The van der Waals surface area contributed by atoms with Gasteiger partial charge in [-0.3, -0.25) is 9.59 Å². The molecule has 0 radical (unpaired) electrons. The minimum Gasteiger partial charge on any atom is -0.477 e. The fourth-order valence-electron chi connectivity index (χ4n) is 10.8. The smallest absolute Gasteiger partial charge is 0.361 e. The molecule has 0 amide bonds. The zero-order valence-electron chi connectivity index (χ0n) is 60.0. The van der Waals surface area contributed by atoms with Gasteiger partial charge in [0.05, 0.1) is 34.4 Å². The van der Waals surface area contributed by atoms with Crippen molar-refractivity contribution < 1.29 is 42.9 Å². The van der Waals surface area contributed by atoms with Crippen molar-refractivity contribution >= 4 is 17.9 Å². The summed E-state index contributed by atoms with van der Waals surface area (Å²) in [5.74, 6) is -2.05. The first-order valence-electron chi connectivity index (χ1n) is 38.1. The average molecular weight is 1270 g/mol. The number of aliphatic carboxylic acids is 1. The minimum atomic E-state index is -1.53. The number of hydrogen-bond acceptors (Lipinski definition) is 7. The molecule has 2 atom stereocenters. The molecule has 0 saturated heterocycles. The number of carboxylic acids is 1. The van der Waals surface area contributed by atoms with Crippen LogP contribution in [0.5, 0.6) is 0 Å². The Morgan fingerprint density at radius 3 is 0.934 bits per heavy atom. The molecule has 9 heteroatoms. The van der Waals surface area contributed by atoms with E-state index in [1.165, 1.54) is 205 Å². The quantitative estimate of drug-likeness (QED) is 0.0211. The van der Waals surface area contributed by atoms with E-state index in [-0.39, 0.29) is 32.2 Å². The Morgan fingerprint density at radius 1 is 0.341 bits per heavy atom. The third-order valence-corrected chi connectivity index (χ3v) is 16.5. The summed E-state index contributed by atoms with van der Waals surface area (Å²) < 4.78 is 23.0. The van der Waals surface area contributed by atoms with Gasteiger partial charge in [-0.15, -0.1) is 0 Å². The van der Waals surface area contributed by atoms with Gasteiger partial charge in [0.15, 0.2) is 6.10 Å². The predicted octanol–water partition coefficient (Wildman–Crippen LogP) is 24.1. The molecule has 0 bridgehead atoms. The third-order valence-electron chi connectivity index (χ3n) is 16.5. The topological polar surface area (TPSA) is 108 Å². The number of rotatable bonds is 70. The van der Waals surface area contributed by atoms with E-state index in [0.29, 0.717) is 23.9 Å². The molecule has 524 valence electrons. The van der Waals surface area contributed by atoms with Crippen LogP contribution in [0.1, 0.15) is 335 Å². The lowest BCUT2D eigenvalue weighted by Crippen LogP contribution is -2.40. The highest BCUT2D eigenvalue weighted by Crippen LogP contribution is 2.19. The normalized spacial score (nSPS) is 13.3. The fraction of sp³-hybridized carbons (Fsp3) is 0.744. The van der Waals surface area contributed by atoms with E-state index >= 15 is 0 Å². The highest BCUT2D eigenvalue weighted by molar-refractivity contribution is 5.71. The summed E-state index contributed by atoms with van der Waals surface area (Å²) in [5, 5.41) is 9.76. The molecule has 0 aliphatic heterocycles. The van der Waals surface area contributed by atoms with Crippen molar-refractivity contribution in [2.45, 2.75) is 347 Å². The zero-order chi connectivity index (χ0) is 66.1. The molecule has 0 spiro atoms. The Bertz CT molecular complexity index is 1870. The van der Waals surface area contributed by atoms with Crippen LogP contribution >= 0.6 is 0 Å². The molecular formula is C82H144NO8+. The lowest BCUT2D eigenvalue weighted by Gasteiger charge is -2.25. The molecule has 0 aromatic carbocycles. The van der Waals surface area contributed by atoms with Gasteiger partial charge in [-0.2, -0.15) is 0 Å². The van der Waals surface area contributed by atoms with E-state index in [4.69, 9.17) is 18.9 Å². The second-order valence-corrected chi connectivity index (χ2v) is 26.6. The van der Waals surface area contributed by atoms with Gasteiger partial charge in [-0.1, -0.05) is 348 Å². The van der Waals surface area contributed by atoms with Gasteiger partial charge in [0, 0.05) is 12.8 Å². The van der Waals surface area contributed by atoms with Gasteiger partial charge in [-0.25, -0.2) is 4.79 Å². The summed E-state index contributed by atoms with van der Waals surface area (Å²) in [5.41, 5.74) is 0. The number of carbonyl (C=O) groups excluding carboxylic acids is 2. The average Bonchev–Trinajstić information content (AvgIpc) is 3.65. The van der Waals surface area contributed by atoms with Crippen LogP contribution in [0.4, 0.5) is 0 Å². The number of hydrogen-bond donors (Lipinski definition) is 1. The monoisotopic (exact) mass is 1270 g/mol. The fourth-order valence-corrected chi connectivity index (χ4v) is 10.8. The molecule has 0 aliphatic rings. The number of carboxylic acid groups (broad SMARTS) is 1. The van der Waals surface area contributed by atoms with Gasteiger partial charge < -0.3 is 28.5 Å². The van der Waals surface area contributed by atoms with Gasteiger partial charge in [0.2, 0.25) is 0 Å². The Balaban J connectivity index is 4.12. The Kier molecular flexibility index (Phi) is 68.6. The lowest BCUT2D eigenvalue weighted by atomic mass is 10.0. The molecule has 91 heavy (non-hydrogen) atoms. The van der Waals surface area contributed by atoms with Crippen LogP contribution in [0.2, 0.25) is 0 Å². The Hall–Kier alpha value is -4.05. The number of allylic oxidation sites excluding steroid dienone is 18. The largest absolute Gasteiger partial charge is 0.477 e. The van der Waals surface area contributed by atoms with Crippen molar-refractivity contribution in [1.29, 1.82) is 0 Å². The van der Waals surface area contributed by atoms with E-state index in [9.17, 15) is 19.5 Å². The molecule has 0 aromatic heterocycles. The second kappa shape index (κ2) is 71.8. The molecule has 0 heterocycles. The summed E-state index contributed by atoms with van der Waals surface area (Å²) in [6.45, 7) is 4.76. The van der Waals surface area contributed by atoms with Crippen LogP contribution in [0.15, 0.2) is 109 Å². The molecule has 1 N–H and O–H groups in total. The van der Waals surface area contributed by atoms with Crippen molar-refractivity contribution in [3.8, 4) is 0 Å². The highest BCUT2D eigenvalue weighted by Gasteiger charge is 2.25. The van der Waals surface area contributed by atoms with Crippen LogP contribution in [-0.4, -0.2) is 87.4 Å². The van der Waals surface area contributed by atoms with Crippen molar-refractivity contribution in [2.24, 2.45) is 0 Å². The van der Waals surface area contributed by atoms with Crippen LogP contribution in [0, 0.1) is 0 Å². The van der Waals surface area contributed by atoms with E-state index in [1.54, 1.807) is 0 Å². The molecule has 0 rings (SSSR count). The van der Waals surface area contributed by atoms with E-state index < -0.39 is 24.3 Å². The maximum atomic E-state index is 12.9. The lowest BCUT2D eigenvalue weighted by molar-refractivity contribution is -0.870. The summed E-state index contributed by atoms with van der Waals surface area (Å²) in [7, 11) is 5.97. The van der Waals surface area contributed by atoms with Crippen LogP contribution in [-0.2, 0) is 33.3 Å². The van der Waals surface area contributed by atoms with Crippen LogP contribution < -0.4 is 0 Å². The molecule has 0 saturated carbocycles. The number of carbonyl (C=O) groups is 3. The first kappa shape index (κ1) is 87.0. The maximum Gasteiger partial charge on any atom is 0.361 e. The predicted molar refractivity (Wildman–Crippen MR) is 392 cm³/mol. The van der Waals surface area contributed by atoms with Crippen molar-refractivity contribution in [1.82, 2.24) is 0 Å². The summed E-state index contributed by atoms with van der Waals surface area (Å²) in [4.78, 5) is 37.7. The molecule has 2 unspecified atom stereocenters. The van der Waals surface area contributed by atoms with Crippen molar-refractivity contribution in [2.75, 3.05) is 47.5 Å². The van der Waals surface area contributed by atoms with E-state index in [2.05, 4.69) is 123 Å². The number of esters is 2. The zero-order valence-corrected chi connectivity index (χ0v) is 60.0. The van der Waals surface area contributed by atoms with Gasteiger partial charge in [0.25, 0.3) is 6.29 Å². The Labute approximate surface area is 562 Å². The van der Waals surface area contributed by atoms with Gasteiger partial charge in [-0.05, 0) is 83.5 Å². The molecule has 0 fully saturated rings. The number of ether oxygens (including phenoxy) is 4. The number of unbranched alkanes of at least 4 members (excludes halogenated alkanes) is 37. The minimum absolute atomic E-state index is 0.177. The molecule has 0 aromatic rings. The standard InChI is InChI=1S/C82H143NO8/c1-6-8-10-12-14-16-18-20-22-24-26-28-30-32-34-36-38-39-40-41-43-44-46-48-50-52-54-56-58-60-62-64-66-68-70-72-79(84)89-76-78(77-90-82(81(86)87)88-75-74-83(3,4)5)91-80(85)73-71-69-67-65-63-61-59-57-55-53-51-49-47-45-42-37-35-33-31-29-27-25-23-21-19-17-15-13-11-9-7-2/h9,11,15,17,21,23,27,29,33,35,42,45,49,51,55,57,61,63,78,82H,6-8,10,12-14,16,18-20,22,24-26,28,30-32,34,36-41,43-44,46-48,50,52-54,56,58-60,62,64-77H2,1-5H3/p+1/b11-9-,17-15-,23-21-,29-27-,35-33-,45-42-,51-49-,57-55-,63-61-. The van der Waals surface area contributed by atoms with Crippen LogP contribution in [0.3, 0.4) is 0 Å². The molecule has 9 nitrogen and oxygen atoms in total. The molecule has 0 aliphatic carbocycles. The van der Waals surface area contributed by atoms with Crippen molar-refractivity contribution in [3.05, 3.63) is 109 Å². The first-order valence-corrected chi connectivity index (χ1v) is 38.1. The summed E-state index contributed by atoms with van der Waals surface area (Å²) in [6.07, 6.45) is 98.1. The van der Waals surface area contributed by atoms with E-state index in [1.807, 2.05) is 21.1 Å². The van der Waals surface area contributed by atoms with E-state index in [0.717, 1.165) is 96.3 Å². The first-order chi connectivity index (χ1) is 44.6. The number of quaternary nitrogens is 1. The number of nitrogens with zero attached hydrogens (tertiary/aromatic N) is 1. The SMILES string of the molecule is CC/C=C\C/C=C\C/C=C\C/C=C\C/C=C\C/C=C\C/C=C\C/C=C\C/C=C\CCCCCC(=O)OC(COC(=O)CCCCCCCCCCCCCCCCCCCCCCCCCCCCCCCCCCCCC)COC(OCC[N+](C)(C)C)C(=O)O. The van der Waals surface area contributed by atoms with Gasteiger partial charge >= 0.3 is 17.9 Å². The summed E-state index contributed by atoms with van der Waals surface area (Å²) in [6, 6.07) is 0. The van der Waals surface area contributed by atoms with Gasteiger partial charge in [0.1, 0.15) is 13.2 Å². The second-order valence-electron chi connectivity index (χ2n) is 26.6. The third kappa shape index (κ3) is 73.2. The van der Waals surface area contributed by atoms with Crippen LogP contribution in [0.25, 0.3) is 0 Å². The highest BCUT2D eigenvalue weighted by atomic mass is 16.7. The molecular weight excluding hydrogens is 1130 g/mol. The number of likely N-dealkylation sites (N-methyl/N-ethyl adjacent to an activating group) is 1. The summed E-state index contributed by atoms with van der Waals surface area (Å²) >= 11 is 0. The van der Waals surface area contributed by atoms with Crippen molar-refractivity contribution in [3.63, 3.8) is 0 Å². The Morgan fingerprint density at radius 2 is 0.626 bits per heavy atom.